The molecule has 0 spiro atoms. The van der Waals surface area contributed by atoms with Crippen LogP contribution in [0.1, 0.15) is 46.2 Å². The van der Waals surface area contributed by atoms with Crippen molar-refractivity contribution >= 4 is 11.7 Å². The molecule has 0 saturated carbocycles. The Morgan fingerprint density at radius 1 is 1.00 bits per heavy atom. The van der Waals surface area contributed by atoms with Gasteiger partial charge in [-0.25, -0.2) is 4.79 Å². The summed E-state index contributed by atoms with van der Waals surface area (Å²) in [5, 5.41) is 11.3. The number of aromatic hydroxyl groups is 1. The smallest absolute Gasteiger partial charge is 0.347 e. The van der Waals surface area contributed by atoms with Crippen molar-refractivity contribution in [1.29, 1.82) is 0 Å². The largest absolute Gasteiger partial charge is 0.507 e. The lowest BCUT2D eigenvalue weighted by Crippen LogP contribution is -2.44. The first kappa shape index (κ1) is 16.9. The molecule has 2 heterocycles. The molecular formula is C25H23NO3. The minimum absolute atomic E-state index is 0.0938. The molecule has 146 valence electrons. The third-order valence-corrected chi connectivity index (χ3v) is 7.01. The molecule has 0 radical (unpaired) electrons. The Balaban J connectivity index is 1.51. The molecule has 2 aliphatic carbocycles. The van der Waals surface area contributed by atoms with Crippen LogP contribution < -0.4 is 9.64 Å². The van der Waals surface area contributed by atoms with Gasteiger partial charge in [0.05, 0.1) is 0 Å². The van der Waals surface area contributed by atoms with E-state index in [2.05, 4.69) is 29.2 Å². The fourth-order valence-electron chi connectivity index (χ4n) is 5.73. The Hall–Kier alpha value is -3.01. The van der Waals surface area contributed by atoms with Gasteiger partial charge in [0.1, 0.15) is 17.1 Å². The molecule has 1 N–H and O–H groups in total. The Morgan fingerprint density at radius 2 is 1.69 bits per heavy atom. The summed E-state index contributed by atoms with van der Waals surface area (Å²) >= 11 is 0. The van der Waals surface area contributed by atoms with Crippen molar-refractivity contribution in [2.45, 2.75) is 24.7 Å². The number of fused-ring (bicyclic) bond motifs is 4. The number of carbonyl (C=O) groups is 1. The second-order valence-electron chi connectivity index (χ2n) is 8.63. The number of para-hydroxylation sites is 1. The summed E-state index contributed by atoms with van der Waals surface area (Å²) in [6.45, 7) is 2.04. The highest BCUT2D eigenvalue weighted by Gasteiger charge is 2.44. The number of rotatable bonds is 2. The fraction of sp³-hybridized carbons (Fsp3) is 0.320. The number of phenolic OH excluding ortho intramolecular Hbond substituents is 1. The lowest BCUT2D eigenvalue weighted by molar-refractivity contribution is 0.0731. The summed E-state index contributed by atoms with van der Waals surface area (Å²) in [6.07, 6.45) is 11.1. The molecule has 29 heavy (non-hydrogen) atoms. The maximum absolute atomic E-state index is 13.0. The van der Waals surface area contributed by atoms with E-state index in [1.165, 1.54) is 5.56 Å². The summed E-state index contributed by atoms with van der Waals surface area (Å²) in [7, 11) is 0. The van der Waals surface area contributed by atoms with Crippen molar-refractivity contribution in [3.8, 4) is 11.5 Å². The number of phenols is 1. The zero-order valence-corrected chi connectivity index (χ0v) is 16.1. The molecule has 2 aliphatic heterocycles. The normalized spacial score (nSPS) is 28.1. The Labute approximate surface area is 170 Å². The molecule has 4 atom stereocenters. The molecular weight excluding hydrogens is 362 g/mol. The van der Waals surface area contributed by atoms with E-state index >= 15 is 0 Å². The minimum Gasteiger partial charge on any atom is -0.507 e. The van der Waals surface area contributed by atoms with Crippen LogP contribution in [-0.2, 0) is 0 Å². The Bertz CT molecular complexity index is 1050. The third kappa shape index (κ3) is 2.48. The number of anilines is 1. The van der Waals surface area contributed by atoms with Gasteiger partial charge in [-0.05, 0) is 48.4 Å². The van der Waals surface area contributed by atoms with Crippen LogP contribution in [0.3, 0.4) is 0 Å². The number of hydrogen-bond donors (Lipinski definition) is 1. The number of benzene rings is 2. The van der Waals surface area contributed by atoms with E-state index in [0.717, 1.165) is 37.2 Å². The van der Waals surface area contributed by atoms with Crippen LogP contribution in [0, 0.1) is 11.8 Å². The van der Waals surface area contributed by atoms with E-state index in [9.17, 15) is 9.90 Å². The molecule has 6 rings (SSSR count). The average molecular weight is 385 g/mol. The van der Waals surface area contributed by atoms with Crippen LogP contribution in [0.15, 0.2) is 60.7 Å². The maximum atomic E-state index is 13.0. The van der Waals surface area contributed by atoms with Crippen LogP contribution in [-0.4, -0.2) is 24.2 Å². The number of carbonyl (C=O) groups excluding carboxylic acids is 1. The van der Waals surface area contributed by atoms with Crippen LogP contribution in [0.2, 0.25) is 0 Å². The number of ether oxygens (including phenoxy) is 1. The SMILES string of the molecule is O=C(Oc1ccccc1)c1cc2c3c(c1O)[C@@H]1C=CC[C@@H]1CN3C[C@H]1CC=C[C@@H]21. The van der Waals surface area contributed by atoms with Crippen LogP contribution in [0.25, 0.3) is 0 Å². The van der Waals surface area contributed by atoms with Gasteiger partial charge in [-0.15, -0.1) is 0 Å². The van der Waals surface area contributed by atoms with Crippen molar-refractivity contribution in [2.75, 3.05) is 18.0 Å². The lowest BCUT2D eigenvalue weighted by Gasteiger charge is -2.46. The van der Waals surface area contributed by atoms with Crippen molar-refractivity contribution < 1.29 is 14.6 Å². The quantitative estimate of drug-likeness (QED) is 0.460. The average Bonchev–Trinajstić information content (AvgIpc) is 3.39. The monoisotopic (exact) mass is 385 g/mol. The highest BCUT2D eigenvalue weighted by atomic mass is 16.5. The molecule has 0 saturated heterocycles. The highest BCUT2D eigenvalue weighted by Crippen LogP contribution is 2.56. The van der Waals surface area contributed by atoms with Crippen LogP contribution in [0.4, 0.5) is 5.69 Å². The molecule has 0 aromatic heterocycles. The van der Waals surface area contributed by atoms with Gasteiger partial charge in [-0.3, -0.25) is 0 Å². The van der Waals surface area contributed by atoms with E-state index in [1.54, 1.807) is 12.1 Å². The van der Waals surface area contributed by atoms with E-state index < -0.39 is 5.97 Å². The topological polar surface area (TPSA) is 49.8 Å². The summed E-state index contributed by atoms with van der Waals surface area (Å²) in [5.74, 6) is 1.58. The zero-order valence-electron chi connectivity index (χ0n) is 16.1. The molecule has 4 heteroatoms. The summed E-state index contributed by atoms with van der Waals surface area (Å²) in [5.41, 5.74) is 3.52. The summed E-state index contributed by atoms with van der Waals surface area (Å²) in [4.78, 5) is 15.5. The lowest BCUT2D eigenvalue weighted by atomic mass is 9.74. The molecule has 0 unspecified atom stereocenters. The molecule has 0 fully saturated rings. The summed E-state index contributed by atoms with van der Waals surface area (Å²) < 4.78 is 5.59. The van der Waals surface area contributed by atoms with Crippen molar-refractivity contribution in [2.24, 2.45) is 11.8 Å². The molecule has 4 nitrogen and oxygen atoms in total. The first-order valence-electron chi connectivity index (χ1n) is 10.5. The second-order valence-corrected chi connectivity index (χ2v) is 8.63. The van der Waals surface area contributed by atoms with Gasteiger partial charge >= 0.3 is 5.97 Å². The maximum Gasteiger partial charge on any atom is 0.347 e. The Kier molecular flexibility index (Phi) is 3.64. The van der Waals surface area contributed by atoms with Gasteiger partial charge in [-0.1, -0.05) is 42.5 Å². The predicted molar refractivity (Wildman–Crippen MR) is 112 cm³/mol. The van der Waals surface area contributed by atoms with Crippen LogP contribution in [0.5, 0.6) is 11.5 Å². The second kappa shape index (κ2) is 6.24. The molecule has 0 amide bonds. The predicted octanol–water partition coefficient (Wildman–Crippen LogP) is 4.76. The first-order valence-corrected chi connectivity index (χ1v) is 10.5. The van der Waals surface area contributed by atoms with E-state index in [0.29, 0.717) is 23.5 Å². The first-order chi connectivity index (χ1) is 14.2. The number of hydrogen-bond acceptors (Lipinski definition) is 4. The number of nitrogens with zero attached hydrogens (tertiary/aromatic N) is 1. The van der Waals surface area contributed by atoms with E-state index in [4.69, 9.17) is 4.74 Å². The molecule has 0 bridgehead atoms. The molecule has 2 aromatic rings. The van der Waals surface area contributed by atoms with Crippen LogP contribution >= 0.6 is 0 Å². The Morgan fingerprint density at radius 3 is 2.45 bits per heavy atom. The van der Waals surface area contributed by atoms with Gasteiger partial charge in [0, 0.05) is 36.2 Å². The fourth-order valence-corrected chi connectivity index (χ4v) is 5.73. The minimum atomic E-state index is -0.493. The highest BCUT2D eigenvalue weighted by molar-refractivity contribution is 5.96. The third-order valence-electron chi connectivity index (χ3n) is 7.01. The zero-order chi connectivity index (χ0) is 19.5. The van der Waals surface area contributed by atoms with E-state index in [1.807, 2.05) is 24.3 Å². The van der Waals surface area contributed by atoms with Gasteiger partial charge in [0.15, 0.2) is 0 Å². The van der Waals surface area contributed by atoms with Gasteiger partial charge < -0.3 is 14.7 Å². The van der Waals surface area contributed by atoms with E-state index in [-0.39, 0.29) is 17.2 Å². The van der Waals surface area contributed by atoms with Gasteiger partial charge in [0.2, 0.25) is 0 Å². The summed E-state index contributed by atoms with van der Waals surface area (Å²) in [6, 6.07) is 10.9. The van der Waals surface area contributed by atoms with Gasteiger partial charge in [0.25, 0.3) is 0 Å². The standard InChI is InChI=1S/C25H23NO3/c27-24-21(25(28)29-17-8-2-1-3-9-17)12-20-18-10-4-6-15(18)13-26-14-16-7-5-11-19(16)22(24)23(20)26/h1-5,8-12,15-16,18-19,27H,6-7,13-14H2/t15-,16-,18-,19-/m1/s1. The number of esters is 1. The van der Waals surface area contributed by atoms with Crippen molar-refractivity contribution in [3.05, 3.63) is 77.4 Å². The van der Waals surface area contributed by atoms with Crippen molar-refractivity contribution in [3.63, 3.8) is 0 Å². The molecule has 2 aromatic carbocycles. The number of allylic oxidation sites excluding steroid dienone is 4. The van der Waals surface area contributed by atoms with Crippen molar-refractivity contribution in [1.82, 2.24) is 0 Å². The molecule has 4 aliphatic rings. The van der Waals surface area contributed by atoms with Gasteiger partial charge in [-0.2, -0.15) is 0 Å².